The zero-order valence-electron chi connectivity index (χ0n) is 11.5. The monoisotopic (exact) mass is 242 g/mol. The number of carbonyl (C=O) groups excluding carboxylic acids is 1. The largest absolute Gasteiger partial charge is 0.379 e. The van der Waals surface area contributed by atoms with Crippen molar-refractivity contribution in [2.75, 3.05) is 20.3 Å². The number of rotatable bonds is 7. The zero-order valence-corrected chi connectivity index (χ0v) is 11.5. The summed E-state index contributed by atoms with van der Waals surface area (Å²) in [5, 5.41) is 0. The summed E-state index contributed by atoms with van der Waals surface area (Å²) in [6, 6.07) is 0. The van der Waals surface area contributed by atoms with E-state index in [4.69, 9.17) is 9.47 Å². The second-order valence-corrected chi connectivity index (χ2v) is 5.57. The van der Waals surface area contributed by atoms with Gasteiger partial charge in [0.25, 0.3) is 0 Å². The lowest BCUT2D eigenvalue weighted by Crippen LogP contribution is -2.26. The molecule has 0 spiro atoms. The van der Waals surface area contributed by atoms with Gasteiger partial charge in [-0.3, -0.25) is 4.79 Å². The molecule has 0 aromatic carbocycles. The number of hydrogen-bond donors (Lipinski definition) is 0. The van der Waals surface area contributed by atoms with E-state index in [0.717, 1.165) is 19.3 Å². The third-order valence-electron chi connectivity index (χ3n) is 3.71. The Labute approximate surface area is 105 Å². The first-order chi connectivity index (χ1) is 8.05. The highest BCUT2D eigenvalue weighted by Crippen LogP contribution is 2.24. The smallest absolute Gasteiger partial charge is 0.161 e. The molecule has 0 atom stereocenters. The first-order valence-electron chi connectivity index (χ1n) is 6.71. The second-order valence-electron chi connectivity index (χ2n) is 5.57. The third kappa shape index (κ3) is 5.64. The van der Waals surface area contributed by atoms with Crippen LogP contribution in [0.3, 0.4) is 0 Å². The van der Waals surface area contributed by atoms with Crippen LogP contribution in [0.4, 0.5) is 0 Å². The first kappa shape index (κ1) is 14.7. The average molecular weight is 242 g/mol. The van der Waals surface area contributed by atoms with Crippen LogP contribution >= 0.6 is 0 Å². The van der Waals surface area contributed by atoms with E-state index in [2.05, 4.69) is 0 Å². The van der Waals surface area contributed by atoms with Crippen molar-refractivity contribution in [2.45, 2.75) is 58.0 Å². The Balaban J connectivity index is 2.11. The van der Waals surface area contributed by atoms with Gasteiger partial charge in [0.1, 0.15) is 6.61 Å². The number of carbonyl (C=O) groups is 1. The maximum Gasteiger partial charge on any atom is 0.161 e. The predicted molar refractivity (Wildman–Crippen MR) is 68.1 cm³/mol. The minimum atomic E-state index is -0.159. The molecular formula is C14H26O3. The molecule has 100 valence electrons. The normalized spacial score (nSPS) is 18.3. The molecule has 0 saturated heterocycles. The highest BCUT2D eigenvalue weighted by molar-refractivity contribution is 5.82. The molecule has 0 aromatic rings. The van der Waals surface area contributed by atoms with Crippen molar-refractivity contribution in [3.05, 3.63) is 0 Å². The van der Waals surface area contributed by atoms with Crippen LogP contribution in [-0.4, -0.2) is 31.7 Å². The molecule has 0 bridgehead atoms. The Kier molecular flexibility index (Phi) is 6.14. The van der Waals surface area contributed by atoms with Gasteiger partial charge in [0.05, 0.1) is 5.60 Å². The summed E-state index contributed by atoms with van der Waals surface area (Å²) >= 11 is 0. The molecule has 1 saturated carbocycles. The van der Waals surface area contributed by atoms with Crippen LogP contribution < -0.4 is 0 Å². The van der Waals surface area contributed by atoms with Gasteiger partial charge in [-0.25, -0.2) is 0 Å². The Hall–Kier alpha value is -0.410. The molecule has 1 fully saturated rings. The predicted octanol–water partition coefficient (Wildman–Crippen LogP) is 2.97. The maximum absolute atomic E-state index is 11.8. The van der Waals surface area contributed by atoms with Gasteiger partial charge in [0, 0.05) is 19.6 Å². The molecule has 0 N–H and O–H groups in total. The van der Waals surface area contributed by atoms with Gasteiger partial charge in [-0.1, -0.05) is 19.3 Å². The lowest BCUT2D eigenvalue weighted by atomic mass is 9.86. The fourth-order valence-corrected chi connectivity index (χ4v) is 2.14. The summed E-state index contributed by atoms with van der Waals surface area (Å²) in [6.45, 7) is 4.93. The van der Waals surface area contributed by atoms with Crippen molar-refractivity contribution in [2.24, 2.45) is 5.92 Å². The molecule has 0 heterocycles. The van der Waals surface area contributed by atoms with E-state index in [1.165, 1.54) is 19.3 Å². The van der Waals surface area contributed by atoms with Gasteiger partial charge in [-0.05, 0) is 33.1 Å². The maximum atomic E-state index is 11.8. The molecule has 0 aromatic heterocycles. The summed E-state index contributed by atoms with van der Waals surface area (Å²) in [5.41, 5.74) is -0.159. The zero-order chi connectivity index (χ0) is 12.7. The molecule has 0 amide bonds. The second kappa shape index (κ2) is 7.12. The fraction of sp³-hybridized carbons (Fsp3) is 0.929. The third-order valence-corrected chi connectivity index (χ3v) is 3.71. The topological polar surface area (TPSA) is 35.5 Å². The van der Waals surface area contributed by atoms with Crippen LogP contribution in [0.5, 0.6) is 0 Å². The number of hydrogen-bond acceptors (Lipinski definition) is 3. The highest BCUT2D eigenvalue weighted by Gasteiger charge is 2.21. The number of Topliss-reactive ketones (excluding diaryl/α,β-unsaturated/α-hetero) is 1. The minimum absolute atomic E-state index is 0.159. The van der Waals surface area contributed by atoms with Crippen molar-refractivity contribution in [1.82, 2.24) is 0 Å². The molecule has 17 heavy (non-hydrogen) atoms. The summed E-state index contributed by atoms with van der Waals surface area (Å²) in [7, 11) is 1.70. The lowest BCUT2D eigenvalue weighted by Gasteiger charge is -2.23. The van der Waals surface area contributed by atoms with Crippen LogP contribution in [0.25, 0.3) is 0 Å². The van der Waals surface area contributed by atoms with E-state index >= 15 is 0 Å². The molecule has 1 aliphatic rings. The van der Waals surface area contributed by atoms with Crippen molar-refractivity contribution in [3.8, 4) is 0 Å². The van der Waals surface area contributed by atoms with E-state index in [-0.39, 0.29) is 18.1 Å². The minimum Gasteiger partial charge on any atom is -0.379 e. The molecule has 1 rings (SSSR count). The SMILES string of the molecule is COC(C)(C)CCOCC(=O)C1CCCCC1. The summed E-state index contributed by atoms with van der Waals surface area (Å²) in [5.74, 6) is 0.555. The highest BCUT2D eigenvalue weighted by atomic mass is 16.5. The van der Waals surface area contributed by atoms with Gasteiger partial charge in [-0.2, -0.15) is 0 Å². The molecule has 3 nitrogen and oxygen atoms in total. The van der Waals surface area contributed by atoms with E-state index in [0.29, 0.717) is 12.4 Å². The molecule has 1 aliphatic carbocycles. The van der Waals surface area contributed by atoms with E-state index in [1.807, 2.05) is 13.8 Å². The molecule has 3 heteroatoms. The molecular weight excluding hydrogens is 216 g/mol. The van der Waals surface area contributed by atoms with Gasteiger partial charge < -0.3 is 9.47 Å². The number of methoxy groups -OCH3 is 1. The molecule has 0 unspecified atom stereocenters. The average Bonchev–Trinajstić information content (AvgIpc) is 2.35. The standard InChI is InChI=1S/C14H26O3/c1-14(2,16-3)9-10-17-11-13(15)12-7-5-4-6-8-12/h12H,4-11H2,1-3H3. The molecule has 0 radical (unpaired) electrons. The quantitative estimate of drug-likeness (QED) is 0.644. The van der Waals surface area contributed by atoms with E-state index in [1.54, 1.807) is 7.11 Å². The van der Waals surface area contributed by atoms with Crippen LogP contribution in [0.2, 0.25) is 0 Å². The van der Waals surface area contributed by atoms with Crippen LogP contribution in [0, 0.1) is 5.92 Å². The van der Waals surface area contributed by atoms with E-state index < -0.39 is 0 Å². The Morgan fingerprint density at radius 2 is 1.88 bits per heavy atom. The fourth-order valence-electron chi connectivity index (χ4n) is 2.14. The van der Waals surface area contributed by atoms with Gasteiger partial charge in [0.15, 0.2) is 5.78 Å². The van der Waals surface area contributed by atoms with Crippen molar-refractivity contribution in [3.63, 3.8) is 0 Å². The number of ether oxygens (including phenoxy) is 2. The summed E-state index contributed by atoms with van der Waals surface area (Å²) in [4.78, 5) is 11.8. The Morgan fingerprint density at radius 3 is 2.47 bits per heavy atom. The summed E-state index contributed by atoms with van der Waals surface area (Å²) < 4.78 is 10.8. The molecule has 0 aliphatic heterocycles. The van der Waals surface area contributed by atoms with Crippen LogP contribution in [0.15, 0.2) is 0 Å². The van der Waals surface area contributed by atoms with Crippen LogP contribution in [-0.2, 0) is 14.3 Å². The van der Waals surface area contributed by atoms with E-state index in [9.17, 15) is 4.79 Å². The van der Waals surface area contributed by atoms with Crippen molar-refractivity contribution >= 4 is 5.78 Å². The van der Waals surface area contributed by atoms with Crippen molar-refractivity contribution < 1.29 is 14.3 Å². The van der Waals surface area contributed by atoms with Crippen molar-refractivity contribution in [1.29, 1.82) is 0 Å². The van der Waals surface area contributed by atoms with Gasteiger partial charge in [-0.15, -0.1) is 0 Å². The van der Waals surface area contributed by atoms with Gasteiger partial charge in [0.2, 0.25) is 0 Å². The number of ketones is 1. The Bertz CT molecular complexity index is 230. The Morgan fingerprint density at radius 1 is 1.24 bits per heavy atom. The first-order valence-corrected chi connectivity index (χ1v) is 6.71. The lowest BCUT2D eigenvalue weighted by molar-refractivity contribution is -0.129. The van der Waals surface area contributed by atoms with Gasteiger partial charge >= 0.3 is 0 Å². The van der Waals surface area contributed by atoms with Crippen LogP contribution in [0.1, 0.15) is 52.4 Å². The summed E-state index contributed by atoms with van der Waals surface area (Å²) in [6.07, 6.45) is 6.63.